The number of thiazole rings is 1. The van der Waals surface area contributed by atoms with Crippen LogP contribution in [0.5, 0.6) is 0 Å². The fourth-order valence-corrected chi connectivity index (χ4v) is 3.66. The zero-order valence-electron chi connectivity index (χ0n) is 13.5. The van der Waals surface area contributed by atoms with Crippen molar-refractivity contribution in [3.8, 4) is 0 Å². The molecule has 1 aromatic rings. The van der Waals surface area contributed by atoms with Crippen LogP contribution in [0.3, 0.4) is 0 Å². The molecule has 1 aliphatic carbocycles. The number of hydrogen-bond donors (Lipinski definition) is 2. The van der Waals surface area contributed by atoms with Crippen molar-refractivity contribution in [3.63, 3.8) is 0 Å². The number of methoxy groups -OCH3 is 1. The standard InChI is InChI=1S/C15H23N3O3S/c1-14(2,3)10-9(11(19)21-4)22-13(17-10)18-12(20)15(16)7-5-6-8-15/h5-8,16H2,1-4H3,(H,17,18,20). The Labute approximate surface area is 134 Å². The SMILES string of the molecule is COC(=O)c1sc(NC(=O)C2(N)CCCC2)nc1C(C)(C)C. The first-order chi connectivity index (χ1) is 10.2. The molecule has 1 aliphatic rings. The van der Waals surface area contributed by atoms with Gasteiger partial charge in [0.2, 0.25) is 5.91 Å². The Bertz CT molecular complexity index is 583. The van der Waals surface area contributed by atoms with Crippen molar-refractivity contribution in [3.05, 3.63) is 10.6 Å². The summed E-state index contributed by atoms with van der Waals surface area (Å²) in [6.45, 7) is 5.88. The van der Waals surface area contributed by atoms with Crippen LogP contribution in [0.2, 0.25) is 0 Å². The fourth-order valence-electron chi connectivity index (χ4n) is 2.57. The maximum atomic E-state index is 12.4. The summed E-state index contributed by atoms with van der Waals surface area (Å²) in [5, 5.41) is 3.17. The molecule has 0 saturated heterocycles. The summed E-state index contributed by atoms with van der Waals surface area (Å²) >= 11 is 1.13. The number of amides is 1. The molecule has 0 aromatic carbocycles. The molecular formula is C15H23N3O3S. The third kappa shape index (κ3) is 3.30. The molecule has 1 saturated carbocycles. The van der Waals surface area contributed by atoms with Crippen LogP contribution in [-0.4, -0.2) is 29.5 Å². The van der Waals surface area contributed by atoms with Gasteiger partial charge in [-0.3, -0.25) is 4.79 Å². The Hall–Kier alpha value is -1.47. The molecule has 6 nitrogen and oxygen atoms in total. The Morgan fingerprint density at radius 3 is 2.41 bits per heavy atom. The van der Waals surface area contributed by atoms with Crippen molar-refractivity contribution in [2.45, 2.75) is 57.4 Å². The zero-order chi connectivity index (χ0) is 16.5. The predicted octanol–water partition coefficient (Wildman–Crippen LogP) is 2.44. The van der Waals surface area contributed by atoms with Gasteiger partial charge in [0.1, 0.15) is 4.88 Å². The van der Waals surface area contributed by atoms with Crippen molar-refractivity contribution in [1.29, 1.82) is 0 Å². The molecule has 1 fully saturated rings. The molecule has 0 spiro atoms. The van der Waals surface area contributed by atoms with E-state index in [1.54, 1.807) is 0 Å². The van der Waals surface area contributed by atoms with Crippen molar-refractivity contribution in [1.82, 2.24) is 4.98 Å². The first-order valence-corrected chi connectivity index (χ1v) is 8.19. The molecule has 122 valence electrons. The number of esters is 1. The van der Waals surface area contributed by atoms with Crippen molar-refractivity contribution in [2.24, 2.45) is 5.73 Å². The predicted molar refractivity (Wildman–Crippen MR) is 86.2 cm³/mol. The maximum Gasteiger partial charge on any atom is 0.350 e. The van der Waals surface area contributed by atoms with E-state index in [1.807, 2.05) is 20.8 Å². The normalized spacial score (nSPS) is 17.3. The van der Waals surface area contributed by atoms with E-state index in [9.17, 15) is 9.59 Å². The van der Waals surface area contributed by atoms with Crippen molar-refractivity contribution < 1.29 is 14.3 Å². The highest BCUT2D eigenvalue weighted by atomic mass is 32.1. The number of ether oxygens (including phenoxy) is 1. The van der Waals surface area contributed by atoms with Gasteiger partial charge in [0, 0.05) is 5.41 Å². The number of hydrogen-bond acceptors (Lipinski definition) is 6. The highest BCUT2D eigenvalue weighted by Gasteiger charge is 2.38. The van der Waals surface area contributed by atoms with E-state index >= 15 is 0 Å². The number of aromatic nitrogens is 1. The Morgan fingerprint density at radius 2 is 1.91 bits per heavy atom. The first-order valence-electron chi connectivity index (χ1n) is 7.37. The third-order valence-corrected chi connectivity index (χ3v) is 4.83. The van der Waals surface area contributed by atoms with Crippen molar-refractivity contribution >= 4 is 28.3 Å². The summed E-state index contributed by atoms with van der Waals surface area (Å²) in [4.78, 5) is 29.1. The minimum absolute atomic E-state index is 0.226. The zero-order valence-corrected chi connectivity index (χ0v) is 14.3. The topological polar surface area (TPSA) is 94.3 Å². The van der Waals surface area contributed by atoms with E-state index < -0.39 is 11.5 Å². The molecule has 0 aliphatic heterocycles. The monoisotopic (exact) mass is 325 g/mol. The van der Waals surface area contributed by atoms with E-state index in [4.69, 9.17) is 10.5 Å². The lowest BCUT2D eigenvalue weighted by Gasteiger charge is -2.21. The maximum absolute atomic E-state index is 12.4. The average Bonchev–Trinajstić information content (AvgIpc) is 3.04. The van der Waals surface area contributed by atoms with Gasteiger partial charge in [0.25, 0.3) is 0 Å². The van der Waals surface area contributed by atoms with E-state index in [-0.39, 0.29) is 11.3 Å². The molecule has 0 atom stereocenters. The van der Waals surface area contributed by atoms with Crippen LogP contribution in [0, 0.1) is 0 Å². The quantitative estimate of drug-likeness (QED) is 0.832. The molecule has 0 bridgehead atoms. The Kier molecular flexibility index (Phi) is 4.58. The fraction of sp³-hybridized carbons (Fsp3) is 0.667. The molecule has 2 rings (SSSR count). The molecule has 1 amide bonds. The number of nitrogens with zero attached hydrogens (tertiary/aromatic N) is 1. The summed E-state index contributed by atoms with van der Waals surface area (Å²) in [6, 6.07) is 0. The first kappa shape index (κ1) is 16.9. The third-order valence-electron chi connectivity index (χ3n) is 3.88. The van der Waals surface area contributed by atoms with Crippen LogP contribution < -0.4 is 11.1 Å². The number of nitrogens with one attached hydrogen (secondary N) is 1. The highest BCUT2D eigenvalue weighted by Crippen LogP contribution is 2.34. The van der Waals surface area contributed by atoms with Crippen LogP contribution in [0.15, 0.2) is 0 Å². The molecular weight excluding hydrogens is 302 g/mol. The van der Waals surface area contributed by atoms with Crippen molar-refractivity contribution in [2.75, 3.05) is 12.4 Å². The average molecular weight is 325 g/mol. The number of anilines is 1. The number of nitrogens with two attached hydrogens (primary N) is 1. The second kappa shape index (κ2) is 5.96. The molecule has 1 heterocycles. The molecule has 0 radical (unpaired) electrons. The van der Waals surface area contributed by atoms with E-state index in [2.05, 4.69) is 10.3 Å². The summed E-state index contributed by atoms with van der Waals surface area (Å²) in [5.74, 6) is -0.665. The van der Waals surface area contributed by atoms with E-state index in [1.165, 1.54) is 7.11 Å². The van der Waals surface area contributed by atoms with Gasteiger partial charge in [-0.05, 0) is 12.8 Å². The largest absolute Gasteiger partial charge is 0.465 e. The summed E-state index contributed by atoms with van der Waals surface area (Å²) < 4.78 is 4.80. The smallest absolute Gasteiger partial charge is 0.350 e. The van der Waals surface area contributed by atoms with Gasteiger partial charge in [-0.2, -0.15) is 0 Å². The van der Waals surface area contributed by atoms with Gasteiger partial charge in [0.05, 0.1) is 18.3 Å². The van der Waals surface area contributed by atoms with Gasteiger partial charge < -0.3 is 15.8 Å². The van der Waals surface area contributed by atoms with Crippen LogP contribution in [0.4, 0.5) is 5.13 Å². The molecule has 3 N–H and O–H groups in total. The Morgan fingerprint density at radius 1 is 1.32 bits per heavy atom. The summed E-state index contributed by atoms with van der Waals surface area (Å²) in [5.41, 5.74) is 5.62. The van der Waals surface area contributed by atoms with Crippen LogP contribution in [0.1, 0.15) is 61.8 Å². The lowest BCUT2D eigenvalue weighted by atomic mass is 9.91. The van der Waals surface area contributed by atoms with E-state index in [0.29, 0.717) is 28.5 Å². The molecule has 22 heavy (non-hydrogen) atoms. The highest BCUT2D eigenvalue weighted by molar-refractivity contribution is 7.17. The van der Waals surface area contributed by atoms with Crippen LogP contribution >= 0.6 is 11.3 Å². The minimum atomic E-state index is -0.820. The van der Waals surface area contributed by atoms with Crippen LogP contribution in [0.25, 0.3) is 0 Å². The van der Waals surface area contributed by atoms with Crippen LogP contribution in [-0.2, 0) is 14.9 Å². The second-order valence-electron chi connectivity index (χ2n) is 6.76. The van der Waals surface area contributed by atoms with Gasteiger partial charge >= 0.3 is 5.97 Å². The molecule has 7 heteroatoms. The number of carbonyl (C=O) groups is 2. The van der Waals surface area contributed by atoms with E-state index in [0.717, 1.165) is 24.2 Å². The van der Waals surface area contributed by atoms with Gasteiger partial charge in [0.15, 0.2) is 5.13 Å². The second-order valence-corrected chi connectivity index (χ2v) is 7.75. The lowest BCUT2D eigenvalue weighted by molar-refractivity contribution is -0.121. The molecule has 1 aromatic heterocycles. The van der Waals surface area contributed by atoms with Gasteiger partial charge in [-0.1, -0.05) is 44.9 Å². The minimum Gasteiger partial charge on any atom is -0.465 e. The van der Waals surface area contributed by atoms with Gasteiger partial charge in [-0.25, -0.2) is 9.78 Å². The summed E-state index contributed by atoms with van der Waals surface area (Å²) in [7, 11) is 1.33. The lowest BCUT2D eigenvalue weighted by Crippen LogP contribution is -2.48. The summed E-state index contributed by atoms with van der Waals surface area (Å²) in [6.07, 6.45) is 3.28. The van der Waals surface area contributed by atoms with Gasteiger partial charge in [-0.15, -0.1) is 0 Å². The number of rotatable bonds is 3. The Balaban J connectivity index is 2.27. The number of carbonyl (C=O) groups excluding carboxylic acids is 2. The molecule has 0 unspecified atom stereocenters.